The van der Waals surface area contributed by atoms with Crippen LogP contribution in [0.4, 0.5) is 0 Å². The minimum atomic E-state index is 0. The summed E-state index contributed by atoms with van der Waals surface area (Å²) in [6, 6.07) is 8.55. The summed E-state index contributed by atoms with van der Waals surface area (Å²) in [5.41, 5.74) is 8.24. The molecule has 0 fully saturated rings. The maximum atomic E-state index is 11.9. The standard InChI is InChI=1S/C16H24N2O.ClH/c17-10-3-4-11-18-16(19)12-14-8-5-7-13-6-1-2-9-15(13)14;/h1-2,6,9,14H,3-5,7-8,10-12,17H2,(H,18,19);1H. The van der Waals surface area contributed by atoms with Crippen molar-refractivity contribution in [2.75, 3.05) is 13.1 Å². The molecule has 2 rings (SSSR count). The molecule has 0 aliphatic heterocycles. The number of amides is 1. The van der Waals surface area contributed by atoms with Gasteiger partial charge in [-0.15, -0.1) is 12.4 Å². The Morgan fingerprint density at radius 1 is 1.30 bits per heavy atom. The van der Waals surface area contributed by atoms with Crippen LogP contribution < -0.4 is 11.1 Å². The van der Waals surface area contributed by atoms with Crippen LogP contribution in [0, 0.1) is 0 Å². The van der Waals surface area contributed by atoms with Gasteiger partial charge in [0.15, 0.2) is 0 Å². The molecule has 0 heterocycles. The van der Waals surface area contributed by atoms with Gasteiger partial charge in [-0.05, 0) is 55.7 Å². The second kappa shape index (κ2) is 8.98. The van der Waals surface area contributed by atoms with E-state index < -0.39 is 0 Å². The summed E-state index contributed by atoms with van der Waals surface area (Å²) < 4.78 is 0. The fourth-order valence-corrected chi connectivity index (χ4v) is 2.86. The summed E-state index contributed by atoms with van der Waals surface area (Å²) in [6.45, 7) is 1.45. The number of hydrogen-bond donors (Lipinski definition) is 2. The molecule has 4 heteroatoms. The quantitative estimate of drug-likeness (QED) is 0.793. The zero-order valence-corrected chi connectivity index (χ0v) is 12.8. The number of halogens is 1. The highest BCUT2D eigenvalue weighted by atomic mass is 35.5. The molecule has 3 nitrogen and oxygen atoms in total. The zero-order chi connectivity index (χ0) is 13.5. The van der Waals surface area contributed by atoms with Gasteiger partial charge in [-0.25, -0.2) is 0 Å². The number of hydrogen-bond acceptors (Lipinski definition) is 2. The Kier molecular flexibility index (Phi) is 7.63. The van der Waals surface area contributed by atoms with Crippen molar-refractivity contribution in [3.05, 3.63) is 35.4 Å². The number of carbonyl (C=O) groups is 1. The summed E-state index contributed by atoms with van der Waals surface area (Å²) in [4.78, 5) is 11.9. The highest BCUT2D eigenvalue weighted by Gasteiger charge is 2.21. The summed E-state index contributed by atoms with van der Waals surface area (Å²) >= 11 is 0. The van der Waals surface area contributed by atoms with Crippen LogP contribution in [0.15, 0.2) is 24.3 Å². The van der Waals surface area contributed by atoms with Crippen LogP contribution >= 0.6 is 12.4 Å². The predicted molar refractivity (Wildman–Crippen MR) is 85.3 cm³/mol. The van der Waals surface area contributed by atoms with E-state index in [0.29, 0.717) is 18.9 Å². The molecule has 0 aromatic heterocycles. The van der Waals surface area contributed by atoms with E-state index in [1.807, 2.05) is 0 Å². The summed E-state index contributed by atoms with van der Waals surface area (Å²) in [5.74, 6) is 0.582. The first-order chi connectivity index (χ1) is 9.31. The average molecular weight is 297 g/mol. The van der Waals surface area contributed by atoms with Crippen molar-refractivity contribution in [3.8, 4) is 0 Å². The minimum absolute atomic E-state index is 0. The zero-order valence-electron chi connectivity index (χ0n) is 11.9. The Morgan fingerprint density at radius 3 is 2.90 bits per heavy atom. The van der Waals surface area contributed by atoms with Gasteiger partial charge in [0, 0.05) is 13.0 Å². The maximum Gasteiger partial charge on any atom is 0.220 e. The topological polar surface area (TPSA) is 55.1 Å². The molecule has 1 aliphatic rings. The molecule has 1 atom stereocenters. The molecule has 1 amide bonds. The van der Waals surface area contributed by atoms with Gasteiger partial charge < -0.3 is 11.1 Å². The van der Waals surface area contributed by atoms with E-state index in [4.69, 9.17) is 5.73 Å². The van der Waals surface area contributed by atoms with Crippen molar-refractivity contribution < 1.29 is 4.79 Å². The minimum Gasteiger partial charge on any atom is -0.356 e. The first kappa shape index (κ1) is 17.0. The van der Waals surface area contributed by atoms with Gasteiger partial charge in [-0.2, -0.15) is 0 Å². The second-order valence-corrected chi connectivity index (χ2v) is 5.34. The van der Waals surface area contributed by atoms with E-state index in [1.54, 1.807) is 0 Å². The first-order valence-corrected chi connectivity index (χ1v) is 7.36. The van der Waals surface area contributed by atoms with Crippen LogP contribution in [-0.4, -0.2) is 19.0 Å². The second-order valence-electron chi connectivity index (χ2n) is 5.34. The van der Waals surface area contributed by atoms with Crippen LogP contribution in [0.5, 0.6) is 0 Å². The summed E-state index contributed by atoms with van der Waals surface area (Å²) in [7, 11) is 0. The SMILES string of the molecule is Cl.NCCCCNC(=O)CC1CCCc2ccccc21. The number of fused-ring (bicyclic) bond motifs is 1. The molecular weight excluding hydrogens is 272 g/mol. The summed E-state index contributed by atoms with van der Waals surface area (Å²) in [6.07, 6.45) is 6.07. The molecule has 1 aliphatic carbocycles. The van der Waals surface area contributed by atoms with Crippen LogP contribution in [0.2, 0.25) is 0 Å². The smallest absolute Gasteiger partial charge is 0.220 e. The third kappa shape index (κ3) is 4.80. The van der Waals surface area contributed by atoms with E-state index in [1.165, 1.54) is 17.5 Å². The fraction of sp³-hybridized carbons (Fsp3) is 0.562. The number of nitrogens with two attached hydrogens (primary N) is 1. The van der Waals surface area contributed by atoms with Gasteiger partial charge in [0.05, 0.1) is 0 Å². The lowest BCUT2D eigenvalue weighted by Crippen LogP contribution is -2.27. The van der Waals surface area contributed by atoms with E-state index in [-0.39, 0.29) is 18.3 Å². The van der Waals surface area contributed by atoms with Crippen molar-refractivity contribution >= 4 is 18.3 Å². The van der Waals surface area contributed by atoms with E-state index in [9.17, 15) is 4.79 Å². The lowest BCUT2D eigenvalue weighted by molar-refractivity contribution is -0.121. The van der Waals surface area contributed by atoms with Crippen LogP contribution in [-0.2, 0) is 11.2 Å². The maximum absolute atomic E-state index is 11.9. The number of nitrogens with one attached hydrogen (secondary N) is 1. The Hall–Kier alpha value is -1.06. The molecule has 20 heavy (non-hydrogen) atoms. The lowest BCUT2D eigenvalue weighted by Gasteiger charge is -2.25. The van der Waals surface area contributed by atoms with Crippen molar-refractivity contribution in [3.63, 3.8) is 0 Å². The van der Waals surface area contributed by atoms with E-state index >= 15 is 0 Å². The van der Waals surface area contributed by atoms with Gasteiger partial charge in [0.2, 0.25) is 5.91 Å². The molecule has 1 unspecified atom stereocenters. The van der Waals surface area contributed by atoms with Crippen molar-refractivity contribution in [1.29, 1.82) is 0 Å². The van der Waals surface area contributed by atoms with Gasteiger partial charge in [-0.1, -0.05) is 24.3 Å². The Balaban J connectivity index is 0.00000200. The number of unbranched alkanes of at least 4 members (excludes halogenated alkanes) is 1. The highest BCUT2D eigenvalue weighted by Crippen LogP contribution is 2.33. The molecule has 0 bridgehead atoms. The van der Waals surface area contributed by atoms with E-state index in [2.05, 4.69) is 29.6 Å². The van der Waals surface area contributed by atoms with Crippen molar-refractivity contribution in [2.24, 2.45) is 5.73 Å². The molecule has 1 aromatic rings. The number of rotatable bonds is 6. The van der Waals surface area contributed by atoms with Crippen LogP contribution in [0.3, 0.4) is 0 Å². The average Bonchev–Trinajstić information content (AvgIpc) is 2.44. The molecule has 0 spiro atoms. The monoisotopic (exact) mass is 296 g/mol. The third-order valence-electron chi connectivity index (χ3n) is 3.88. The molecule has 1 aromatic carbocycles. The Morgan fingerprint density at radius 2 is 2.10 bits per heavy atom. The van der Waals surface area contributed by atoms with Crippen LogP contribution in [0.25, 0.3) is 0 Å². The summed E-state index contributed by atoms with van der Waals surface area (Å²) in [5, 5.41) is 3.00. The fourth-order valence-electron chi connectivity index (χ4n) is 2.86. The normalized spacial score (nSPS) is 16.9. The molecule has 3 N–H and O–H groups in total. The van der Waals surface area contributed by atoms with Gasteiger partial charge >= 0.3 is 0 Å². The van der Waals surface area contributed by atoms with Crippen molar-refractivity contribution in [2.45, 2.75) is 44.4 Å². The largest absolute Gasteiger partial charge is 0.356 e. The Bertz CT molecular complexity index is 423. The molecule has 0 radical (unpaired) electrons. The molecule has 0 saturated heterocycles. The first-order valence-electron chi connectivity index (χ1n) is 7.36. The number of carbonyl (C=O) groups excluding carboxylic acids is 1. The molecule has 112 valence electrons. The highest BCUT2D eigenvalue weighted by molar-refractivity contribution is 5.85. The third-order valence-corrected chi connectivity index (χ3v) is 3.88. The Labute approximate surface area is 127 Å². The number of aryl methyl sites for hydroxylation is 1. The molecule has 0 saturated carbocycles. The van der Waals surface area contributed by atoms with Gasteiger partial charge in [0.1, 0.15) is 0 Å². The predicted octanol–water partition coefficient (Wildman–Crippen LogP) is 2.77. The van der Waals surface area contributed by atoms with Gasteiger partial charge in [0.25, 0.3) is 0 Å². The lowest BCUT2D eigenvalue weighted by atomic mass is 9.81. The van der Waals surface area contributed by atoms with Gasteiger partial charge in [-0.3, -0.25) is 4.79 Å². The van der Waals surface area contributed by atoms with E-state index in [0.717, 1.165) is 32.2 Å². The number of benzene rings is 1. The van der Waals surface area contributed by atoms with Crippen LogP contribution in [0.1, 0.15) is 49.1 Å². The molecular formula is C16H25ClN2O. The van der Waals surface area contributed by atoms with Crippen molar-refractivity contribution in [1.82, 2.24) is 5.32 Å².